The molecule has 0 saturated heterocycles. The highest BCUT2D eigenvalue weighted by atomic mass is 19.4. The molecule has 2 aromatic heterocycles. The molecule has 2 heterocycles. The van der Waals surface area contributed by atoms with Gasteiger partial charge in [-0.2, -0.15) is 13.2 Å². The minimum atomic E-state index is -4.46. The Morgan fingerprint density at radius 1 is 1.14 bits per heavy atom. The summed E-state index contributed by atoms with van der Waals surface area (Å²) in [5.41, 5.74) is 0.342. The normalized spacial score (nSPS) is 13.3. The molecule has 0 spiro atoms. The van der Waals surface area contributed by atoms with Gasteiger partial charge in [-0.25, -0.2) is 9.97 Å². The van der Waals surface area contributed by atoms with Crippen molar-refractivity contribution >= 4 is 16.9 Å². The van der Waals surface area contributed by atoms with Crippen LogP contribution in [-0.4, -0.2) is 15.0 Å². The van der Waals surface area contributed by atoms with Gasteiger partial charge >= 0.3 is 6.18 Å². The number of fused-ring (bicyclic) bond motifs is 1. The van der Waals surface area contributed by atoms with Gasteiger partial charge in [-0.05, 0) is 12.5 Å². The Hall–Kier alpha value is -2.57. The lowest BCUT2D eigenvalue weighted by Crippen LogP contribution is -2.10. The predicted molar refractivity (Wildman–Crippen MR) is 77.4 cm³/mol. The molecule has 4 nitrogen and oxygen atoms in total. The van der Waals surface area contributed by atoms with Gasteiger partial charge in [0.15, 0.2) is 0 Å². The zero-order valence-corrected chi connectivity index (χ0v) is 11.6. The van der Waals surface area contributed by atoms with Gasteiger partial charge in [0.25, 0.3) is 0 Å². The van der Waals surface area contributed by atoms with E-state index < -0.39 is 11.7 Å². The van der Waals surface area contributed by atoms with Gasteiger partial charge in [0, 0.05) is 12.2 Å². The number of alkyl halides is 3. The van der Waals surface area contributed by atoms with Crippen molar-refractivity contribution in [3.05, 3.63) is 54.0 Å². The Balaban J connectivity index is 2.02. The molecule has 0 saturated carbocycles. The number of hydrogen-bond acceptors (Lipinski definition) is 3. The molecule has 1 unspecified atom stereocenters. The van der Waals surface area contributed by atoms with Crippen molar-refractivity contribution in [3.63, 3.8) is 0 Å². The first kappa shape index (κ1) is 14.4. The first-order valence-corrected chi connectivity index (χ1v) is 6.67. The SMILES string of the molecule is CC(Nc1ncnc2[nH]cc(C(F)(F)F)c12)c1ccccc1. The third-order valence-electron chi connectivity index (χ3n) is 3.43. The molecule has 1 aromatic carbocycles. The van der Waals surface area contributed by atoms with Crippen LogP contribution in [0.3, 0.4) is 0 Å². The van der Waals surface area contributed by atoms with Crippen molar-refractivity contribution in [1.29, 1.82) is 0 Å². The summed E-state index contributed by atoms with van der Waals surface area (Å²) in [6.45, 7) is 1.86. The van der Waals surface area contributed by atoms with E-state index in [1.165, 1.54) is 6.33 Å². The number of nitrogens with zero attached hydrogens (tertiary/aromatic N) is 2. The van der Waals surface area contributed by atoms with Crippen molar-refractivity contribution in [2.45, 2.75) is 19.1 Å². The molecule has 7 heteroatoms. The zero-order valence-electron chi connectivity index (χ0n) is 11.6. The molecule has 114 valence electrons. The molecular formula is C15H13F3N4. The molecule has 0 radical (unpaired) electrons. The maximum atomic E-state index is 13.1. The summed E-state index contributed by atoms with van der Waals surface area (Å²) in [5, 5.41) is 2.98. The lowest BCUT2D eigenvalue weighted by Gasteiger charge is -2.16. The number of nitrogens with one attached hydrogen (secondary N) is 2. The fourth-order valence-corrected chi connectivity index (χ4v) is 2.33. The van der Waals surface area contributed by atoms with E-state index >= 15 is 0 Å². The van der Waals surface area contributed by atoms with Gasteiger partial charge < -0.3 is 10.3 Å². The number of aromatic nitrogens is 3. The number of rotatable bonds is 3. The van der Waals surface area contributed by atoms with Crippen LogP contribution in [0, 0.1) is 0 Å². The van der Waals surface area contributed by atoms with E-state index in [4.69, 9.17) is 0 Å². The summed E-state index contributed by atoms with van der Waals surface area (Å²) in [7, 11) is 0. The molecule has 3 aromatic rings. The molecule has 3 rings (SSSR count). The van der Waals surface area contributed by atoms with Crippen molar-refractivity contribution in [2.24, 2.45) is 0 Å². The lowest BCUT2D eigenvalue weighted by atomic mass is 10.1. The van der Waals surface area contributed by atoms with Crippen LogP contribution in [0.1, 0.15) is 24.1 Å². The third-order valence-corrected chi connectivity index (χ3v) is 3.43. The second kappa shape index (κ2) is 5.32. The van der Waals surface area contributed by atoms with Gasteiger partial charge in [-0.3, -0.25) is 0 Å². The summed E-state index contributed by atoms with van der Waals surface area (Å²) in [4.78, 5) is 10.4. The van der Waals surface area contributed by atoms with Crippen molar-refractivity contribution in [1.82, 2.24) is 15.0 Å². The van der Waals surface area contributed by atoms with E-state index in [1.54, 1.807) is 0 Å². The lowest BCUT2D eigenvalue weighted by molar-refractivity contribution is -0.136. The van der Waals surface area contributed by atoms with Crippen LogP contribution in [0.5, 0.6) is 0 Å². The largest absolute Gasteiger partial charge is 0.418 e. The fourth-order valence-electron chi connectivity index (χ4n) is 2.33. The van der Waals surface area contributed by atoms with Gasteiger partial charge in [0.05, 0.1) is 10.9 Å². The standard InChI is InChI=1S/C15H13F3N4/c1-9(10-5-3-2-4-6-10)22-14-12-11(15(16,17)18)7-19-13(12)20-8-21-14/h2-9H,1H3,(H2,19,20,21,22). The molecule has 1 atom stereocenters. The first-order valence-electron chi connectivity index (χ1n) is 6.67. The van der Waals surface area contributed by atoms with E-state index in [2.05, 4.69) is 20.3 Å². The summed E-state index contributed by atoms with van der Waals surface area (Å²) >= 11 is 0. The molecule has 0 bridgehead atoms. The number of anilines is 1. The van der Waals surface area contributed by atoms with Gasteiger partial charge in [-0.1, -0.05) is 30.3 Å². The molecule has 0 amide bonds. The van der Waals surface area contributed by atoms with Gasteiger partial charge in [0.1, 0.15) is 17.8 Å². The highest BCUT2D eigenvalue weighted by Crippen LogP contribution is 2.37. The number of aromatic amines is 1. The topological polar surface area (TPSA) is 53.6 Å². The van der Waals surface area contributed by atoms with E-state index in [9.17, 15) is 13.2 Å². The highest BCUT2D eigenvalue weighted by Gasteiger charge is 2.35. The third kappa shape index (κ3) is 2.61. The van der Waals surface area contributed by atoms with Crippen LogP contribution >= 0.6 is 0 Å². The van der Waals surface area contributed by atoms with E-state index in [-0.39, 0.29) is 22.9 Å². The van der Waals surface area contributed by atoms with Gasteiger partial charge in [-0.15, -0.1) is 0 Å². The molecule has 0 aliphatic carbocycles. The van der Waals surface area contributed by atoms with Crippen LogP contribution in [0.4, 0.5) is 19.0 Å². The Bertz CT molecular complexity index is 780. The number of H-pyrrole nitrogens is 1. The van der Waals surface area contributed by atoms with Crippen LogP contribution in [-0.2, 0) is 6.18 Å². The number of benzene rings is 1. The van der Waals surface area contributed by atoms with Crippen molar-refractivity contribution in [2.75, 3.05) is 5.32 Å². The smallest absolute Gasteiger partial charge is 0.363 e. The Kier molecular flexibility index (Phi) is 3.48. The summed E-state index contributed by atoms with van der Waals surface area (Å²) in [6, 6.07) is 9.25. The van der Waals surface area contributed by atoms with Crippen LogP contribution < -0.4 is 5.32 Å². The second-order valence-electron chi connectivity index (χ2n) is 4.92. The molecular weight excluding hydrogens is 293 g/mol. The Labute approximate surface area is 124 Å². The first-order chi connectivity index (χ1) is 10.5. The quantitative estimate of drug-likeness (QED) is 0.764. The average Bonchev–Trinajstić information content (AvgIpc) is 2.93. The predicted octanol–water partition coefficient (Wildman–Crippen LogP) is 4.15. The maximum absolute atomic E-state index is 13.1. The highest BCUT2D eigenvalue weighted by molar-refractivity contribution is 5.90. The summed E-state index contributed by atoms with van der Waals surface area (Å²) in [6.07, 6.45) is -2.31. The van der Waals surface area contributed by atoms with Crippen LogP contribution in [0.25, 0.3) is 11.0 Å². The summed E-state index contributed by atoms with van der Waals surface area (Å²) in [5.74, 6) is 0.162. The average molecular weight is 306 g/mol. The monoisotopic (exact) mass is 306 g/mol. The Morgan fingerprint density at radius 2 is 1.86 bits per heavy atom. The molecule has 2 N–H and O–H groups in total. The second-order valence-corrected chi connectivity index (χ2v) is 4.92. The maximum Gasteiger partial charge on any atom is 0.418 e. The Morgan fingerprint density at radius 3 is 2.55 bits per heavy atom. The van der Waals surface area contributed by atoms with Crippen molar-refractivity contribution < 1.29 is 13.2 Å². The molecule has 0 aliphatic heterocycles. The fraction of sp³-hybridized carbons (Fsp3) is 0.200. The van der Waals surface area contributed by atoms with E-state index in [0.29, 0.717) is 0 Å². The molecule has 0 aliphatic rings. The minimum absolute atomic E-state index is 0.0437. The van der Waals surface area contributed by atoms with Gasteiger partial charge in [0.2, 0.25) is 0 Å². The molecule has 0 fully saturated rings. The number of hydrogen-bond donors (Lipinski definition) is 2. The number of halogens is 3. The molecule has 22 heavy (non-hydrogen) atoms. The summed E-state index contributed by atoms with van der Waals surface area (Å²) < 4.78 is 39.3. The van der Waals surface area contributed by atoms with E-state index in [1.807, 2.05) is 37.3 Å². The van der Waals surface area contributed by atoms with Crippen LogP contribution in [0.15, 0.2) is 42.9 Å². The van der Waals surface area contributed by atoms with Crippen LogP contribution in [0.2, 0.25) is 0 Å². The zero-order chi connectivity index (χ0) is 15.7. The van der Waals surface area contributed by atoms with E-state index in [0.717, 1.165) is 11.8 Å². The van der Waals surface area contributed by atoms with Crippen molar-refractivity contribution in [3.8, 4) is 0 Å². The minimum Gasteiger partial charge on any atom is -0.363 e.